The van der Waals surface area contributed by atoms with Crippen molar-refractivity contribution < 1.29 is 13.3 Å². The number of anilines is 2. The molecule has 0 spiro atoms. The van der Waals surface area contributed by atoms with E-state index in [-0.39, 0.29) is 11.4 Å². The van der Waals surface area contributed by atoms with Crippen molar-refractivity contribution in [2.45, 2.75) is 13.3 Å². The van der Waals surface area contributed by atoms with Gasteiger partial charge in [-0.15, -0.1) is 0 Å². The van der Waals surface area contributed by atoms with Crippen molar-refractivity contribution >= 4 is 26.9 Å². The lowest BCUT2D eigenvalue weighted by atomic mass is 10.1. The Labute approximate surface area is 135 Å². The van der Waals surface area contributed by atoms with Crippen molar-refractivity contribution in [2.75, 3.05) is 17.3 Å². The zero-order valence-corrected chi connectivity index (χ0v) is 13.8. The monoisotopic (exact) mass is 334 g/mol. The molecule has 6 nitrogen and oxygen atoms in total. The van der Waals surface area contributed by atoms with Crippen LogP contribution in [0.25, 0.3) is 0 Å². The zero-order chi connectivity index (χ0) is 17.0. The maximum absolute atomic E-state index is 11.2. The number of nitro groups is 1. The molecule has 2 aromatic carbocycles. The van der Waals surface area contributed by atoms with E-state index in [1.165, 1.54) is 12.3 Å². The third-order valence-corrected chi connectivity index (χ3v) is 4.29. The number of hydrogen-bond acceptors (Lipinski definition) is 5. The number of aryl methyl sites for hydroxylation is 2. The van der Waals surface area contributed by atoms with Gasteiger partial charge in [-0.25, -0.2) is 8.42 Å². The molecule has 0 aliphatic carbocycles. The van der Waals surface area contributed by atoms with Gasteiger partial charge in [0.1, 0.15) is 15.5 Å². The van der Waals surface area contributed by atoms with Crippen LogP contribution < -0.4 is 5.32 Å². The van der Waals surface area contributed by atoms with E-state index in [9.17, 15) is 18.5 Å². The van der Waals surface area contributed by atoms with E-state index in [1.807, 2.05) is 12.1 Å². The van der Waals surface area contributed by atoms with Crippen LogP contribution in [0.5, 0.6) is 0 Å². The molecule has 2 aromatic rings. The highest BCUT2D eigenvalue weighted by Crippen LogP contribution is 2.28. The average molecular weight is 334 g/mol. The Kier molecular flexibility index (Phi) is 5.00. The molecule has 0 atom stereocenters. The highest BCUT2D eigenvalue weighted by molar-refractivity contribution is 7.90. The second-order valence-electron chi connectivity index (χ2n) is 5.48. The number of benzene rings is 2. The van der Waals surface area contributed by atoms with Crippen LogP contribution in [-0.2, 0) is 16.3 Å². The smallest absolute Gasteiger partial charge is 0.292 e. The molecule has 2 rings (SSSR count). The second-order valence-corrected chi connectivity index (χ2v) is 7.74. The molecule has 0 radical (unpaired) electrons. The van der Waals surface area contributed by atoms with E-state index >= 15 is 0 Å². The first-order chi connectivity index (χ1) is 10.7. The van der Waals surface area contributed by atoms with Crippen molar-refractivity contribution in [1.29, 1.82) is 0 Å². The lowest BCUT2D eigenvalue weighted by molar-refractivity contribution is -0.384. The van der Waals surface area contributed by atoms with Gasteiger partial charge in [0, 0.05) is 18.0 Å². The molecule has 0 aliphatic rings. The van der Waals surface area contributed by atoms with Gasteiger partial charge in [0.25, 0.3) is 5.69 Å². The third kappa shape index (κ3) is 5.07. The molecule has 0 saturated heterocycles. The van der Waals surface area contributed by atoms with E-state index < -0.39 is 14.8 Å². The summed E-state index contributed by atoms with van der Waals surface area (Å²) in [6.45, 7) is 1.80. The zero-order valence-electron chi connectivity index (χ0n) is 12.9. The summed E-state index contributed by atoms with van der Waals surface area (Å²) in [6, 6.07) is 12.2. The molecule has 7 heteroatoms. The molecule has 1 N–H and O–H groups in total. The van der Waals surface area contributed by atoms with Crippen LogP contribution in [0, 0.1) is 17.0 Å². The lowest BCUT2D eigenvalue weighted by Crippen LogP contribution is -2.05. The molecule has 0 amide bonds. The van der Waals surface area contributed by atoms with E-state index in [0.29, 0.717) is 17.8 Å². The summed E-state index contributed by atoms with van der Waals surface area (Å²) in [6.07, 6.45) is 1.66. The van der Waals surface area contributed by atoms with Gasteiger partial charge < -0.3 is 5.32 Å². The number of hydrogen-bond donors (Lipinski definition) is 1. The number of rotatable bonds is 6. The fourth-order valence-corrected chi connectivity index (χ4v) is 2.72. The molecule has 122 valence electrons. The van der Waals surface area contributed by atoms with E-state index in [0.717, 1.165) is 11.1 Å². The van der Waals surface area contributed by atoms with Gasteiger partial charge in [-0.3, -0.25) is 10.1 Å². The Morgan fingerprint density at radius 2 is 1.78 bits per heavy atom. The first-order valence-electron chi connectivity index (χ1n) is 7.03. The van der Waals surface area contributed by atoms with Crippen LogP contribution in [0.15, 0.2) is 42.5 Å². The number of nitro benzene ring substituents is 1. The van der Waals surface area contributed by atoms with Crippen LogP contribution in [0.1, 0.15) is 11.1 Å². The standard InChI is InChI=1S/C16H18N2O4S/c1-12-3-8-15(16(11-12)18(19)20)17-14-6-4-13(5-7-14)9-10-23(2,21)22/h3-8,11,17H,9-10H2,1-2H3. The van der Waals surface area contributed by atoms with Gasteiger partial charge in [0.2, 0.25) is 0 Å². The molecular weight excluding hydrogens is 316 g/mol. The van der Waals surface area contributed by atoms with Crippen molar-refractivity contribution in [3.8, 4) is 0 Å². The highest BCUT2D eigenvalue weighted by atomic mass is 32.2. The van der Waals surface area contributed by atoms with Gasteiger partial charge in [0.15, 0.2) is 0 Å². The quantitative estimate of drug-likeness (QED) is 0.647. The second kappa shape index (κ2) is 6.78. The van der Waals surface area contributed by atoms with Crippen LogP contribution >= 0.6 is 0 Å². The SMILES string of the molecule is Cc1ccc(Nc2ccc(CCS(C)(=O)=O)cc2)c([N+](=O)[O-])c1. The average Bonchev–Trinajstić information content (AvgIpc) is 2.47. The van der Waals surface area contributed by atoms with Gasteiger partial charge in [-0.2, -0.15) is 0 Å². The molecule has 0 aliphatic heterocycles. The minimum atomic E-state index is -2.99. The number of nitrogens with zero attached hydrogens (tertiary/aromatic N) is 1. The van der Waals surface area contributed by atoms with Crippen LogP contribution in [0.4, 0.5) is 17.1 Å². The number of nitrogens with one attached hydrogen (secondary N) is 1. The Balaban J connectivity index is 2.14. The highest BCUT2D eigenvalue weighted by Gasteiger charge is 2.13. The molecular formula is C16H18N2O4S. The number of sulfone groups is 1. The van der Waals surface area contributed by atoms with Crippen molar-refractivity contribution in [3.05, 3.63) is 63.7 Å². The molecule has 23 heavy (non-hydrogen) atoms. The first-order valence-corrected chi connectivity index (χ1v) is 9.09. The molecule has 0 aromatic heterocycles. The Bertz CT molecular complexity index is 814. The predicted molar refractivity (Wildman–Crippen MR) is 91.0 cm³/mol. The summed E-state index contributed by atoms with van der Waals surface area (Å²) in [5.41, 5.74) is 2.87. The van der Waals surface area contributed by atoms with Crippen molar-refractivity contribution in [2.24, 2.45) is 0 Å². The van der Waals surface area contributed by atoms with Crippen molar-refractivity contribution in [1.82, 2.24) is 0 Å². The molecule has 0 fully saturated rings. The van der Waals surface area contributed by atoms with Crippen LogP contribution in [0.2, 0.25) is 0 Å². The maximum atomic E-state index is 11.2. The molecule has 0 saturated carbocycles. The van der Waals surface area contributed by atoms with E-state index in [2.05, 4.69) is 5.32 Å². The van der Waals surface area contributed by atoms with Gasteiger partial charge in [0.05, 0.1) is 10.7 Å². The largest absolute Gasteiger partial charge is 0.350 e. The normalized spacial score (nSPS) is 11.2. The summed E-state index contributed by atoms with van der Waals surface area (Å²) in [7, 11) is -2.99. The Hall–Kier alpha value is -2.41. The predicted octanol–water partition coefficient (Wildman–Crippen LogP) is 3.23. The lowest BCUT2D eigenvalue weighted by Gasteiger charge is -2.09. The molecule has 0 unspecified atom stereocenters. The fourth-order valence-electron chi connectivity index (χ4n) is 2.11. The van der Waals surface area contributed by atoms with Crippen LogP contribution in [-0.4, -0.2) is 25.3 Å². The minimum absolute atomic E-state index is 0.0196. The molecule has 0 heterocycles. The summed E-state index contributed by atoms with van der Waals surface area (Å²) in [4.78, 5) is 10.7. The van der Waals surface area contributed by atoms with E-state index in [1.54, 1.807) is 31.2 Å². The fraction of sp³-hybridized carbons (Fsp3) is 0.250. The minimum Gasteiger partial charge on any atom is -0.350 e. The topological polar surface area (TPSA) is 89.3 Å². The maximum Gasteiger partial charge on any atom is 0.292 e. The van der Waals surface area contributed by atoms with Gasteiger partial charge in [-0.05, 0) is 42.7 Å². The summed E-state index contributed by atoms with van der Waals surface area (Å²) >= 11 is 0. The Morgan fingerprint density at radius 1 is 1.13 bits per heavy atom. The third-order valence-electron chi connectivity index (χ3n) is 3.34. The summed E-state index contributed by atoms with van der Waals surface area (Å²) in [5.74, 6) is 0.100. The Morgan fingerprint density at radius 3 is 2.35 bits per heavy atom. The summed E-state index contributed by atoms with van der Waals surface area (Å²) < 4.78 is 22.3. The summed E-state index contributed by atoms with van der Waals surface area (Å²) in [5, 5.41) is 14.1. The molecule has 0 bridgehead atoms. The van der Waals surface area contributed by atoms with Crippen molar-refractivity contribution in [3.63, 3.8) is 0 Å². The van der Waals surface area contributed by atoms with Gasteiger partial charge >= 0.3 is 0 Å². The van der Waals surface area contributed by atoms with Crippen LogP contribution in [0.3, 0.4) is 0 Å². The first kappa shape index (κ1) is 17.0. The van der Waals surface area contributed by atoms with E-state index in [4.69, 9.17) is 0 Å². The van der Waals surface area contributed by atoms with Gasteiger partial charge in [-0.1, -0.05) is 18.2 Å².